The van der Waals surface area contributed by atoms with Crippen molar-refractivity contribution < 1.29 is 18.6 Å². The second-order valence-electron chi connectivity index (χ2n) is 6.92. The molecule has 5 heteroatoms. The largest absolute Gasteiger partial charge is 0.471 e. The lowest BCUT2D eigenvalue weighted by Crippen LogP contribution is -2.23. The Morgan fingerprint density at radius 2 is 1.68 bits per heavy atom. The smallest absolute Gasteiger partial charge is 0.231 e. The van der Waals surface area contributed by atoms with Crippen LogP contribution in [-0.2, 0) is 0 Å². The molecule has 4 nitrogen and oxygen atoms in total. The third-order valence-corrected chi connectivity index (χ3v) is 3.91. The molecule has 25 heavy (non-hydrogen) atoms. The number of nitrogens with zero attached hydrogens (tertiary/aromatic N) is 1. The Morgan fingerprint density at radius 3 is 2.36 bits per heavy atom. The molecule has 4 rings (SSSR count). The summed E-state index contributed by atoms with van der Waals surface area (Å²) in [6.45, 7) is 6.04. The maximum absolute atomic E-state index is 14.3. The first-order chi connectivity index (χ1) is 11.9. The van der Waals surface area contributed by atoms with Crippen LogP contribution in [0.1, 0.15) is 20.8 Å². The lowest BCUT2D eigenvalue weighted by atomic mass is 9.99. The number of aromatic nitrogens is 1. The van der Waals surface area contributed by atoms with Crippen LogP contribution < -0.4 is 14.2 Å². The highest BCUT2D eigenvalue weighted by Gasteiger charge is 2.22. The van der Waals surface area contributed by atoms with E-state index in [0.29, 0.717) is 28.5 Å². The van der Waals surface area contributed by atoms with Crippen molar-refractivity contribution in [3.8, 4) is 28.5 Å². The van der Waals surface area contributed by atoms with Crippen molar-refractivity contribution in [1.29, 1.82) is 0 Å². The molecule has 0 radical (unpaired) electrons. The average molecular weight is 339 g/mol. The van der Waals surface area contributed by atoms with E-state index in [1.807, 2.05) is 32.9 Å². The van der Waals surface area contributed by atoms with E-state index in [9.17, 15) is 4.39 Å². The maximum atomic E-state index is 14.3. The van der Waals surface area contributed by atoms with Crippen LogP contribution in [0.5, 0.6) is 17.4 Å². The minimum Gasteiger partial charge on any atom is -0.471 e. The number of halogens is 1. The van der Waals surface area contributed by atoms with Gasteiger partial charge in [0.1, 0.15) is 11.4 Å². The van der Waals surface area contributed by atoms with Gasteiger partial charge in [-0.3, -0.25) is 0 Å². The first kappa shape index (κ1) is 15.7. The van der Waals surface area contributed by atoms with Crippen LogP contribution >= 0.6 is 0 Å². The summed E-state index contributed by atoms with van der Waals surface area (Å²) in [5, 5.41) is 1.57. The number of hydrogen-bond acceptors (Lipinski definition) is 4. The molecule has 0 aliphatic carbocycles. The Kier molecular flexibility index (Phi) is 3.53. The van der Waals surface area contributed by atoms with Crippen molar-refractivity contribution in [2.75, 3.05) is 6.79 Å². The lowest BCUT2D eigenvalue weighted by Gasteiger charge is -2.22. The normalized spacial score (nSPS) is 13.3. The minimum atomic E-state index is -0.407. The number of ether oxygens (including phenoxy) is 3. The zero-order chi connectivity index (χ0) is 17.6. The van der Waals surface area contributed by atoms with Crippen molar-refractivity contribution in [2.24, 2.45) is 0 Å². The van der Waals surface area contributed by atoms with Gasteiger partial charge < -0.3 is 14.2 Å². The summed E-state index contributed by atoms with van der Waals surface area (Å²) < 4.78 is 31.3. The number of benzene rings is 2. The van der Waals surface area contributed by atoms with Gasteiger partial charge in [0.25, 0.3) is 0 Å². The molecule has 0 spiro atoms. The van der Waals surface area contributed by atoms with Crippen LogP contribution in [0.25, 0.3) is 21.9 Å². The summed E-state index contributed by atoms with van der Waals surface area (Å²) in [7, 11) is 0. The van der Waals surface area contributed by atoms with Gasteiger partial charge >= 0.3 is 0 Å². The van der Waals surface area contributed by atoms with E-state index in [4.69, 9.17) is 14.2 Å². The van der Waals surface area contributed by atoms with E-state index >= 15 is 0 Å². The Bertz CT molecular complexity index is 963. The molecule has 2 heterocycles. The van der Waals surface area contributed by atoms with E-state index in [2.05, 4.69) is 4.98 Å². The van der Waals surface area contributed by atoms with Crippen molar-refractivity contribution in [1.82, 2.24) is 4.98 Å². The fourth-order valence-electron chi connectivity index (χ4n) is 2.87. The molecule has 0 bridgehead atoms. The van der Waals surface area contributed by atoms with Gasteiger partial charge in [0, 0.05) is 28.1 Å². The molecule has 1 aliphatic heterocycles. The summed E-state index contributed by atoms with van der Waals surface area (Å²) >= 11 is 0. The third kappa shape index (κ3) is 2.86. The predicted octanol–water partition coefficient (Wildman–Crippen LogP) is 4.95. The van der Waals surface area contributed by atoms with Crippen molar-refractivity contribution in [3.05, 3.63) is 48.4 Å². The average Bonchev–Trinajstić information content (AvgIpc) is 3.00. The summed E-state index contributed by atoms with van der Waals surface area (Å²) in [5.41, 5.74) is 0.768. The second-order valence-corrected chi connectivity index (χ2v) is 6.92. The zero-order valence-corrected chi connectivity index (χ0v) is 14.3. The summed E-state index contributed by atoms with van der Waals surface area (Å²) in [6, 6.07) is 10.3. The highest BCUT2D eigenvalue weighted by molar-refractivity contribution is 6.00. The predicted molar refractivity (Wildman–Crippen MR) is 93.6 cm³/mol. The maximum Gasteiger partial charge on any atom is 0.231 e. The van der Waals surface area contributed by atoms with Gasteiger partial charge in [-0.15, -0.1) is 0 Å². The van der Waals surface area contributed by atoms with Gasteiger partial charge in [-0.2, -0.15) is 0 Å². The monoisotopic (exact) mass is 339 g/mol. The molecule has 1 aliphatic rings. The molecular weight excluding hydrogens is 321 g/mol. The summed E-state index contributed by atoms with van der Waals surface area (Å²) in [5.74, 6) is 1.46. The first-order valence-corrected chi connectivity index (χ1v) is 8.09. The molecule has 3 aromatic rings. The number of hydrogen-bond donors (Lipinski definition) is 0. The van der Waals surface area contributed by atoms with Gasteiger partial charge in [-0.25, -0.2) is 9.37 Å². The van der Waals surface area contributed by atoms with Gasteiger partial charge in [0.2, 0.25) is 12.7 Å². The van der Waals surface area contributed by atoms with E-state index < -0.39 is 5.60 Å². The molecule has 1 aromatic heterocycles. The molecule has 0 fully saturated rings. The van der Waals surface area contributed by atoms with Gasteiger partial charge in [0.15, 0.2) is 11.5 Å². The van der Waals surface area contributed by atoms with Crippen molar-refractivity contribution in [3.63, 3.8) is 0 Å². The van der Waals surface area contributed by atoms with Crippen LogP contribution in [0, 0.1) is 5.82 Å². The van der Waals surface area contributed by atoms with Crippen LogP contribution in [0.3, 0.4) is 0 Å². The molecule has 128 valence electrons. The van der Waals surface area contributed by atoms with Gasteiger partial charge in [-0.1, -0.05) is 18.2 Å². The molecule has 0 N–H and O–H groups in total. The Balaban J connectivity index is 2.00. The number of rotatable bonds is 2. The molecule has 2 aromatic carbocycles. The molecule has 0 unspecified atom stereocenters. The Hall–Kier alpha value is -2.82. The zero-order valence-electron chi connectivity index (χ0n) is 14.3. The van der Waals surface area contributed by atoms with E-state index in [-0.39, 0.29) is 12.6 Å². The molecule has 0 atom stereocenters. The van der Waals surface area contributed by atoms with E-state index in [1.54, 1.807) is 24.4 Å². The Labute approximate surface area is 145 Å². The van der Waals surface area contributed by atoms with Gasteiger partial charge in [-0.05, 0) is 39.0 Å². The SMILES string of the molecule is CC(C)(C)Oc1ncc(-c2ccccc2F)c2cc3c(cc12)OCO3. The van der Waals surface area contributed by atoms with Crippen LogP contribution in [0.15, 0.2) is 42.6 Å². The second kappa shape index (κ2) is 5.62. The third-order valence-electron chi connectivity index (χ3n) is 3.91. The van der Waals surface area contributed by atoms with Crippen LogP contribution in [-0.4, -0.2) is 17.4 Å². The topological polar surface area (TPSA) is 40.6 Å². The van der Waals surface area contributed by atoms with E-state index in [1.165, 1.54) is 6.07 Å². The summed E-state index contributed by atoms with van der Waals surface area (Å²) in [4.78, 5) is 4.45. The number of fused-ring (bicyclic) bond motifs is 2. The quantitative estimate of drug-likeness (QED) is 0.662. The summed E-state index contributed by atoms with van der Waals surface area (Å²) in [6.07, 6.45) is 1.64. The van der Waals surface area contributed by atoms with Crippen molar-refractivity contribution >= 4 is 10.8 Å². The van der Waals surface area contributed by atoms with E-state index in [0.717, 1.165) is 10.8 Å². The molecule has 0 amide bonds. The fraction of sp³-hybridized carbons (Fsp3) is 0.250. The van der Waals surface area contributed by atoms with Gasteiger partial charge in [0.05, 0.1) is 0 Å². The van der Waals surface area contributed by atoms with Crippen molar-refractivity contribution in [2.45, 2.75) is 26.4 Å². The highest BCUT2D eigenvalue weighted by atomic mass is 19.1. The first-order valence-electron chi connectivity index (χ1n) is 8.09. The highest BCUT2D eigenvalue weighted by Crippen LogP contribution is 2.42. The Morgan fingerprint density at radius 1 is 1.00 bits per heavy atom. The minimum absolute atomic E-state index is 0.170. The lowest BCUT2D eigenvalue weighted by molar-refractivity contribution is 0.126. The number of pyridine rings is 1. The molecule has 0 saturated carbocycles. The van der Waals surface area contributed by atoms with Crippen LogP contribution in [0.4, 0.5) is 4.39 Å². The van der Waals surface area contributed by atoms with Crippen LogP contribution in [0.2, 0.25) is 0 Å². The standard InChI is InChI=1S/C20H18FNO3/c1-20(2,3)25-19-14-9-18-17(23-11-24-18)8-13(14)15(10-22-19)12-6-4-5-7-16(12)21/h4-10H,11H2,1-3H3. The fourth-order valence-corrected chi connectivity index (χ4v) is 2.87. The molecule has 0 saturated heterocycles. The molecular formula is C20H18FNO3.